The maximum atomic E-state index is 12.0. The predicted molar refractivity (Wildman–Crippen MR) is 68.1 cm³/mol. The third-order valence-electron chi connectivity index (χ3n) is 3.06. The van der Waals surface area contributed by atoms with Crippen molar-refractivity contribution in [1.82, 2.24) is 0 Å². The maximum absolute atomic E-state index is 12.0. The number of amides is 1. The van der Waals surface area contributed by atoms with E-state index in [2.05, 4.69) is 25.2 Å². The zero-order chi connectivity index (χ0) is 12.3. The quantitative estimate of drug-likeness (QED) is 0.871. The van der Waals surface area contributed by atoms with Crippen LogP contribution in [0.1, 0.15) is 38.2 Å². The second kappa shape index (κ2) is 5.32. The molecule has 3 heteroatoms. The predicted octanol–water partition coefficient (Wildman–Crippen LogP) is 2.93. The Morgan fingerprint density at radius 2 is 2.18 bits per heavy atom. The highest BCUT2D eigenvalue weighted by molar-refractivity contribution is 5.95. The van der Waals surface area contributed by atoms with Crippen molar-refractivity contribution >= 4 is 11.6 Å². The topological polar surface area (TPSA) is 38.3 Å². The van der Waals surface area contributed by atoms with Gasteiger partial charge in [0.15, 0.2) is 0 Å². The number of benzene rings is 1. The molecule has 0 saturated carbocycles. The van der Waals surface area contributed by atoms with E-state index < -0.39 is 0 Å². The van der Waals surface area contributed by atoms with Crippen molar-refractivity contribution in [1.29, 1.82) is 0 Å². The van der Waals surface area contributed by atoms with Crippen molar-refractivity contribution < 1.29 is 9.53 Å². The van der Waals surface area contributed by atoms with Crippen molar-refractivity contribution in [2.24, 2.45) is 0 Å². The third-order valence-corrected chi connectivity index (χ3v) is 3.06. The van der Waals surface area contributed by atoms with Crippen LogP contribution in [-0.4, -0.2) is 18.6 Å². The number of rotatable bonds is 3. The molecule has 1 atom stereocenters. The van der Waals surface area contributed by atoms with E-state index in [-0.39, 0.29) is 12.0 Å². The van der Waals surface area contributed by atoms with Gasteiger partial charge in [-0.3, -0.25) is 4.79 Å². The number of para-hydroxylation sites is 1. The number of nitrogens with one attached hydrogen (secondary N) is 1. The number of hydrogen-bond acceptors (Lipinski definition) is 2. The molecule has 1 fully saturated rings. The van der Waals surface area contributed by atoms with E-state index in [0.717, 1.165) is 18.5 Å². The Hall–Kier alpha value is -1.35. The fourth-order valence-electron chi connectivity index (χ4n) is 2.11. The third kappa shape index (κ3) is 2.86. The molecule has 92 valence electrons. The Morgan fingerprint density at radius 1 is 1.41 bits per heavy atom. The van der Waals surface area contributed by atoms with Crippen molar-refractivity contribution in [3.63, 3.8) is 0 Å². The lowest BCUT2D eigenvalue weighted by Crippen LogP contribution is -2.27. The standard InChI is InChI=1S/C14H19NO2/c1-10(2)11-6-3-4-7-12(11)15-14(16)13-8-5-9-17-13/h3-4,6-7,10,13H,5,8-9H2,1-2H3,(H,15,16). The summed E-state index contributed by atoms with van der Waals surface area (Å²) in [5.41, 5.74) is 2.07. The fraction of sp³-hybridized carbons (Fsp3) is 0.500. The average molecular weight is 233 g/mol. The van der Waals surface area contributed by atoms with E-state index in [1.54, 1.807) is 0 Å². The van der Waals surface area contributed by atoms with Gasteiger partial charge in [-0.1, -0.05) is 32.0 Å². The summed E-state index contributed by atoms with van der Waals surface area (Å²) in [4.78, 5) is 12.0. The first-order chi connectivity index (χ1) is 8.18. The van der Waals surface area contributed by atoms with Gasteiger partial charge in [0, 0.05) is 12.3 Å². The molecule has 3 nitrogen and oxygen atoms in total. The van der Waals surface area contributed by atoms with E-state index in [1.807, 2.05) is 18.2 Å². The van der Waals surface area contributed by atoms with Crippen molar-refractivity contribution in [3.8, 4) is 0 Å². The summed E-state index contributed by atoms with van der Waals surface area (Å²) in [7, 11) is 0. The van der Waals surface area contributed by atoms with Gasteiger partial charge in [-0.25, -0.2) is 0 Å². The van der Waals surface area contributed by atoms with Gasteiger partial charge in [0.05, 0.1) is 0 Å². The zero-order valence-electron chi connectivity index (χ0n) is 10.4. The number of ether oxygens (including phenoxy) is 1. The van der Waals surface area contributed by atoms with Crippen LogP contribution in [0.25, 0.3) is 0 Å². The number of hydrogen-bond donors (Lipinski definition) is 1. The minimum atomic E-state index is -0.268. The summed E-state index contributed by atoms with van der Waals surface area (Å²) in [6.45, 7) is 4.94. The molecule has 17 heavy (non-hydrogen) atoms. The Morgan fingerprint density at radius 3 is 2.82 bits per heavy atom. The number of anilines is 1. The molecule has 0 aliphatic carbocycles. The van der Waals surface area contributed by atoms with Crippen LogP contribution in [0, 0.1) is 0 Å². The van der Waals surface area contributed by atoms with Gasteiger partial charge in [0.25, 0.3) is 5.91 Å². The lowest BCUT2D eigenvalue weighted by atomic mass is 10.0. The Bertz CT molecular complexity index is 395. The monoisotopic (exact) mass is 233 g/mol. The minimum Gasteiger partial charge on any atom is -0.368 e. The summed E-state index contributed by atoms with van der Waals surface area (Å²) in [5, 5.41) is 2.97. The lowest BCUT2D eigenvalue weighted by Gasteiger charge is -2.15. The zero-order valence-corrected chi connectivity index (χ0v) is 10.4. The SMILES string of the molecule is CC(C)c1ccccc1NC(=O)C1CCCO1. The van der Waals surface area contributed by atoms with Gasteiger partial charge in [0.2, 0.25) is 0 Å². The van der Waals surface area contributed by atoms with Crippen molar-refractivity contribution in [2.45, 2.75) is 38.7 Å². The van der Waals surface area contributed by atoms with Crippen LogP contribution in [0.5, 0.6) is 0 Å². The second-order valence-electron chi connectivity index (χ2n) is 4.73. The largest absolute Gasteiger partial charge is 0.368 e. The highest BCUT2D eigenvalue weighted by atomic mass is 16.5. The Labute approximate surface area is 102 Å². The summed E-state index contributed by atoms with van der Waals surface area (Å²) >= 11 is 0. The molecule has 1 unspecified atom stereocenters. The van der Waals surface area contributed by atoms with Gasteiger partial charge in [-0.15, -0.1) is 0 Å². The van der Waals surface area contributed by atoms with E-state index >= 15 is 0 Å². The van der Waals surface area contributed by atoms with E-state index in [9.17, 15) is 4.79 Å². The Kier molecular flexibility index (Phi) is 3.79. The highest BCUT2D eigenvalue weighted by Crippen LogP contribution is 2.24. The molecule has 1 N–H and O–H groups in total. The first-order valence-corrected chi connectivity index (χ1v) is 6.20. The molecule has 0 aromatic heterocycles. The van der Waals surface area contributed by atoms with Crippen LogP contribution < -0.4 is 5.32 Å². The first-order valence-electron chi connectivity index (χ1n) is 6.20. The average Bonchev–Trinajstić information content (AvgIpc) is 2.83. The molecule has 0 radical (unpaired) electrons. The molecule has 2 rings (SSSR count). The lowest BCUT2D eigenvalue weighted by molar-refractivity contribution is -0.124. The van der Waals surface area contributed by atoms with Crippen molar-refractivity contribution in [2.75, 3.05) is 11.9 Å². The minimum absolute atomic E-state index is 0.0180. The van der Waals surface area contributed by atoms with Crippen LogP contribution in [0.15, 0.2) is 24.3 Å². The molecule has 1 saturated heterocycles. The van der Waals surface area contributed by atoms with E-state index in [0.29, 0.717) is 12.5 Å². The van der Waals surface area contributed by atoms with Crippen LogP contribution in [0.3, 0.4) is 0 Å². The summed E-state index contributed by atoms with van der Waals surface area (Å²) in [6, 6.07) is 7.94. The van der Waals surface area contributed by atoms with E-state index in [1.165, 1.54) is 5.56 Å². The van der Waals surface area contributed by atoms with Gasteiger partial charge < -0.3 is 10.1 Å². The van der Waals surface area contributed by atoms with Crippen LogP contribution in [0.4, 0.5) is 5.69 Å². The molecule has 1 aliphatic heterocycles. The summed E-state index contributed by atoms with van der Waals surface area (Å²) in [5.74, 6) is 0.381. The van der Waals surface area contributed by atoms with Crippen molar-refractivity contribution in [3.05, 3.63) is 29.8 Å². The van der Waals surface area contributed by atoms with Gasteiger partial charge in [0.1, 0.15) is 6.10 Å². The number of carbonyl (C=O) groups excluding carboxylic acids is 1. The Balaban J connectivity index is 2.09. The molecule has 1 aliphatic rings. The molecular weight excluding hydrogens is 214 g/mol. The molecule has 0 spiro atoms. The summed E-state index contributed by atoms with van der Waals surface area (Å²) < 4.78 is 5.38. The molecule has 0 bridgehead atoms. The molecule has 1 aromatic rings. The van der Waals surface area contributed by atoms with Crippen LogP contribution >= 0.6 is 0 Å². The molecule has 1 amide bonds. The molecule has 1 heterocycles. The maximum Gasteiger partial charge on any atom is 0.253 e. The van der Waals surface area contributed by atoms with Crippen LogP contribution in [0.2, 0.25) is 0 Å². The summed E-state index contributed by atoms with van der Waals surface area (Å²) in [6.07, 6.45) is 1.54. The second-order valence-corrected chi connectivity index (χ2v) is 4.73. The van der Waals surface area contributed by atoms with Gasteiger partial charge >= 0.3 is 0 Å². The molecule has 1 aromatic carbocycles. The van der Waals surface area contributed by atoms with Crippen LogP contribution in [-0.2, 0) is 9.53 Å². The fourth-order valence-corrected chi connectivity index (χ4v) is 2.11. The van der Waals surface area contributed by atoms with Gasteiger partial charge in [-0.05, 0) is 30.4 Å². The first kappa shape index (κ1) is 12.1. The highest BCUT2D eigenvalue weighted by Gasteiger charge is 2.24. The normalized spacial score (nSPS) is 19.6. The smallest absolute Gasteiger partial charge is 0.253 e. The van der Waals surface area contributed by atoms with Gasteiger partial charge in [-0.2, -0.15) is 0 Å². The molecular formula is C14H19NO2. The number of carbonyl (C=O) groups is 1. The van der Waals surface area contributed by atoms with E-state index in [4.69, 9.17) is 4.74 Å².